The molecule has 0 bridgehead atoms. The molecule has 10 heteroatoms. The molecule has 0 unspecified atom stereocenters. The molecule has 3 aromatic rings. The summed E-state index contributed by atoms with van der Waals surface area (Å²) in [5, 5.41) is 10.3. The van der Waals surface area contributed by atoms with Crippen LogP contribution in [0.25, 0.3) is 16.9 Å². The van der Waals surface area contributed by atoms with Gasteiger partial charge < -0.3 is 16.4 Å². The first-order valence-electron chi connectivity index (χ1n) is 8.96. The Balaban J connectivity index is 2.07. The second-order valence-electron chi connectivity index (χ2n) is 6.83. The zero-order chi connectivity index (χ0) is 22.1. The number of hydrogen-bond donors (Lipinski definition) is 3. The number of aromatic nitrogens is 2. The Hall–Kier alpha value is -3.20. The van der Waals surface area contributed by atoms with Gasteiger partial charge in [0, 0.05) is 16.6 Å². The van der Waals surface area contributed by atoms with Gasteiger partial charge in [0.1, 0.15) is 11.4 Å². The maximum absolute atomic E-state index is 12.9. The summed E-state index contributed by atoms with van der Waals surface area (Å²) in [6.07, 6.45) is -4.45. The maximum Gasteiger partial charge on any atom is 0.416 e. The van der Waals surface area contributed by atoms with Crippen molar-refractivity contribution < 1.29 is 18.0 Å². The molecule has 0 spiro atoms. The predicted molar refractivity (Wildman–Crippen MR) is 111 cm³/mol. The van der Waals surface area contributed by atoms with Crippen molar-refractivity contribution >= 4 is 29.1 Å². The molecule has 30 heavy (non-hydrogen) atoms. The molecular weight excluding hydrogens is 419 g/mol. The highest BCUT2D eigenvalue weighted by molar-refractivity contribution is 6.30. The highest BCUT2D eigenvalue weighted by Gasteiger charge is 2.30. The lowest BCUT2D eigenvalue weighted by atomic mass is 10.1. The van der Waals surface area contributed by atoms with Crippen LogP contribution >= 0.6 is 11.6 Å². The van der Waals surface area contributed by atoms with Crippen molar-refractivity contribution in [2.75, 3.05) is 11.1 Å². The van der Waals surface area contributed by atoms with E-state index in [1.54, 1.807) is 38.1 Å². The Bertz CT molecular complexity index is 1040. The van der Waals surface area contributed by atoms with E-state index < -0.39 is 17.8 Å². The number of urea groups is 1. The molecule has 0 aliphatic heterocycles. The topological polar surface area (TPSA) is 85.0 Å². The second-order valence-corrected chi connectivity index (χ2v) is 7.26. The Kier molecular flexibility index (Phi) is 5.93. The van der Waals surface area contributed by atoms with E-state index in [4.69, 9.17) is 17.3 Å². The van der Waals surface area contributed by atoms with Gasteiger partial charge >= 0.3 is 12.2 Å². The fraction of sp³-hybridized carbons (Fsp3) is 0.200. The summed E-state index contributed by atoms with van der Waals surface area (Å²) in [5.41, 5.74) is 6.95. The number of amides is 2. The Labute approximate surface area is 175 Å². The van der Waals surface area contributed by atoms with Gasteiger partial charge in [-0.05, 0) is 50.2 Å². The Morgan fingerprint density at radius 3 is 2.23 bits per heavy atom. The molecule has 0 aliphatic rings. The number of benzene rings is 2. The van der Waals surface area contributed by atoms with Crippen LogP contribution in [0.4, 0.5) is 29.5 Å². The lowest BCUT2D eigenvalue weighted by Gasteiger charge is -2.11. The third-order valence-corrected chi connectivity index (χ3v) is 4.39. The van der Waals surface area contributed by atoms with Gasteiger partial charge in [0.25, 0.3) is 0 Å². The van der Waals surface area contributed by atoms with Crippen molar-refractivity contribution in [3.05, 3.63) is 59.1 Å². The average Bonchev–Trinajstić information content (AvgIpc) is 2.98. The van der Waals surface area contributed by atoms with Crippen LogP contribution in [0.1, 0.15) is 19.4 Å². The third kappa shape index (κ3) is 4.68. The number of nitrogens with one attached hydrogen (secondary N) is 2. The van der Waals surface area contributed by atoms with Gasteiger partial charge in [-0.3, -0.25) is 0 Å². The number of carbonyl (C=O) groups is 1. The summed E-state index contributed by atoms with van der Waals surface area (Å²) in [6, 6.07) is 10.5. The van der Waals surface area contributed by atoms with Crippen molar-refractivity contribution in [1.82, 2.24) is 15.1 Å². The molecule has 0 aliphatic carbocycles. The molecule has 1 heterocycles. The summed E-state index contributed by atoms with van der Waals surface area (Å²) in [4.78, 5) is 12.3. The van der Waals surface area contributed by atoms with Gasteiger partial charge in [0.05, 0.1) is 11.3 Å². The van der Waals surface area contributed by atoms with Crippen molar-refractivity contribution in [2.45, 2.75) is 26.1 Å². The van der Waals surface area contributed by atoms with Crippen LogP contribution in [-0.4, -0.2) is 21.9 Å². The highest BCUT2D eigenvalue weighted by atomic mass is 35.5. The standard InChI is InChI=1S/C20H19ClF3N5O/c1-11(2)26-19(30)27-17-16(12-3-7-14(21)8-4-12)28-29(18(17)25)15-9-5-13(6-10-15)20(22,23)24/h3-11H,25H2,1-2H3,(H2,26,27,30). The van der Waals surface area contributed by atoms with Crippen LogP contribution in [0, 0.1) is 0 Å². The second kappa shape index (κ2) is 8.27. The molecule has 2 amide bonds. The number of nitrogens with zero attached hydrogens (tertiary/aromatic N) is 2. The normalized spacial score (nSPS) is 11.6. The van der Waals surface area contributed by atoms with Crippen LogP contribution in [0.3, 0.4) is 0 Å². The van der Waals surface area contributed by atoms with Gasteiger partial charge in [-0.25, -0.2) is 9.48 Å². The lowest BCUT2D eigenvalue weighted by Crippen LogP contribution is -2.34. The van der Waals surface area contributed by atoms with Gasteiger partial charge in [-0.2, -0.15) is 18.3 Å². The summed E-state index contributed by atoms with van der Waals surface area (Å²) in [6.45, 7) is 3.60. The fourth-order valence-corrected chi connectivity index (χ4v) is 2.89. The van der Waals surface area contributed by atoms with Crippen LogP contribution in [0.15, 0.2) is 48.5 Å². The quantitative estimate of drug-likeness (QED) is 0.516. The van der Waals surface area contributed by atoms with Gasteiger partial charge in [-0.15, -0.1) is 0 Å². The molecule has 0 fully saturated rings. The first-order chi connectivity index (χ1) is 14.1. The zero-order valence-corrected chi connectivity index (χ0v) is 16.8. The van der Waals surface area contributed by atoms with E-state index in [9.17, 15) is 18.0 Å². The van der Waals surface area contributed by atoms with Crippen molar-refractivity contribution in [2.24, 2.45) is 0 Å². The molecule has 3 rings (SSSR count). The molecule has 0 atom stereocenters. The van der Waals surface area contributed by atoms with Gasteiger partial charge in [0.15, 0.2) is 5.82 Å². The number of rotatable bonds is 4. The first-order valence-corrected chi connectivity index (χ1v) is 9.33. The minimum atomic E-state index is -4.45. The molecule has 158 valence electrons. The summed E-state index contributed by atoms with van der Waals surface area (Å²) >= 11 is 5.94. The number of nitrogen functional groups attached to an aromatic ring is 1. The van der Waals surface area contributed by atoms with Crippen LogP contribution in [0.5, 0.6) is 0 Å². The maximum atomic E-state index is 12.9. The Morgan fingerprint density at radius 1 is 1.10 bits per heavy atom. The van der Waals surface area contributed by atoms with Crippen molar-refractivity contribution in [3.63, 3.8) is 0 Å². The SMILES string of the molecule is CC(C)NC(=O)Nc1c(-c2ccc(Cl)cc2)nn(-c2ccc(C(F)(F)F)cc2)c1N. The Morgan fingerprint density at radius 2 is 1.70 bits per heavy atom. The molecule has 0 saturated heterocycles. The highest BCUT2D eigenvalue weighted by Crippen LogP contribution is 2.35. The predicted octanol–water partition coefficient (Wildman–Crippen LogP) is 5.32. The summed E-state index contributed by atoms with van der Waals surface area (Å²) < 4.78 is 39.8. The van der Waals surface area contributed by atoms with E-state index in [0.29, 0.717) is 22.0 Å². The number of carbonyl (C=O) groups excluding carboxylic acids is 1. The van der Waals surface area contributed by atoms with Gasteiger partial charge in [0.2, 0.25) is 0 Å². The smallest absolute Gasteiger partial charge is 0.382 e. The first kappa shape index (κ1) is 21.5. The number of nitrogens with two attached hydrogens (primary N) is 1. The average molecular weight is 438 g/mol. The number of halogens is 4. The van der Waals surface area contributed by atoms with E-state index in [1.807, 2.05) is 0 Å². The van der Waals surface area contributed by atoms with Crippen LogP contribution in [0.2, 0.25) is 5.02 Å². The molecule has 0 saturated carbocycles. The van der Waals surface area contributed by atoms with E-state index in [2.05, 4.69) is 15.7 Å². The monoisotopic (exact) mass is 437 g/mol. The molecule has 4 N–H and O–H groups in total. The van der Waals surface area contributed by atoms with Gasteiger partial charge in [-0.1, -0.05) is 23.7 Å². The summed E-state index contributed by atoms with van der Waals surface area (Å²) in [7, 11) is 0. The van der Waals surface area contributed by atoms with Crippen molar-refractivity contribution in [3.8, 4) is 16.9 Å². The molecule has 1 aromatic heterocycles. The molecule has 0 radical (unpaired) electrons. The van der Waals surface area contributed by atoms with Crippen LogP contribution < -0.4 is 16.4 Å². The lowest BCUT2D eigenvalue weighted by molar-refractivity contribution is -0.137. The zero-order valence-electron chi connectivity index (χ0n) is 16.1. The fourth-order valence-electron chi connectivity index (χ4n) is 2.76. The largest absolute Gasteiger partial charge is 0.416 e. The molecular formula is C20H19ClF3N5O. The minimum absolute atomic E-state index is 0.0682. The molecule has 2 aromatic carbocycles. The van der Waals surface area contributed by atoms with E-state index >= 15 is 0 Å². The minimum Gasteiger partial charge on any atom is -0.382 e. The van der Waals surface area contributed by atoms with Crippen LogP contribution in [-0.2, 0) is 6.18 Å². The summed E-state index contributed by atoms with van der Waals surface area (Å²) in [5.74, 6) is 0.0682. The van der Waals surface area contributed by atoms with E-state index in [1.165, 1.54) is 16.8 Å². The third-order valence-electron chi connectivity index (χ3n) is 4.14. The van der Waals surface area contributed by atoms with E-state index in [0.717, 1.165) is 12.1 Å². The number of anilines is 2. The van der Waals surface area contributed by atoms with Crippen molar-refractivity contribution in [1.29, 1.82) is 0 Å². The number of hydrogen-bond acceptors (Lipinski definition) is 3. The molecule has 6 nitrogen and oxygen atoms in total. The van der Waals surface area contributed by atoms with E-state index in [-0.39, 0.29) is 17.5 Å². The number of alkyl halides is 3.